The molecule has 0 aliphatic heterocycles. The number of nitrogens with two attached hydrogens (primary N) is 1. The highest BCUT2D eigenvalue weighted by Crippen LogP contribution is 2.21. The lowest BCUT2D eigenvalue weighted by atomic mass is 10.2. The minimum Gasteiger partial charge on any atom is -0.481 e. The summed E-state index contributed by atoms with van der Waals surface area (Å²) in [5, 5.41) is 2.80. The van der Waals surface area contributed by atoms with E-state index in [4.69, 9.17) is 10.5 Å². The Morgan fingerprint density at radius 1 is 1.35 bits per heavy atom. The molecular weight excluding hydrogens is 216 g/mol. The molecule has 1 rings (SSSR count). The zero-order valence-corrected chi connectivity index (χ0v) is 10.8. The van der Waals surface area contributed by atoms with Crippen LogP contribution in [0.2, 0.25) is 0 Å². The van der Waals surface area contributed by atoms with E-state index in [0.717, 1.165) is 5.56 Å². The molecule has 0 fully saturated rings. The van der Waals surface area contributed by atoms with E-state index >= 15 is 0 Å². The van der Waals surface area contributed by atoms with Gasteiger partial charge in [-0.25, -0.2) is 0 Å². The van der Waals surface area contributed by atoms with Crippen LogP contribution in [0, 0.1) is 6.92 Å². The molecule has 0 aliphatic carbocycles. The van der Waals surface area contributed by atoms with Crippen LogP contribution in [-0.4, -0.2) is 18.1 Å². The third-order valence-electron chi connectivity index (χ3n) is 2.30. The smallest absolute Gasteiger partial charge is 0.260 e. The van der Waals surface area contributed by atoms with Crippen LogP contribution in [0.15, 0.2) is 18.2 Å². The molecule has 0 radical (unpaired) electrons. The normalized spacial score (nSPS) is 12.3. The largest absolute Gasteiger partial charge is 0.481 e. The van der Waals surface area contributed by atoms with Crippen LogP contribution in [0.5, 0.6) is 5.75 Å². The molecule has 94 valence electrons. The van der Waals surface area contributed by atoms with E-state index in [1.165, 1.54) is 0 Å². The van der Waals surface area contributed by atoms with Gasteiger partial charge in [0.15, 0.2) is 6.10 Å². The first-order valence-electron chi connectivity index (χ1n) is 5.73. The Morgan fingerprint density at radius 3 is 2.53 bits per heavy atom. The van der Waals surface area contributed by atoms with Gasteiger partial charge in [0.25, 0.3) is 5.91 Å². The summed E-state index contributed by atoms with van der Waals surface area (Å²) < 4.78 is 5.60. The van der Waals surface area contributed by atoms with Crippen LogP contribution in [0.3, 0.4) is 0 Å². The molecule has 1 atom stereocenters. The number of carbonyl (C=O) groups is 1. The second kappa shape index (κ2) is 5.57. The molecule has 17 heavy (non-hydrogen) atoms. The van der Waals surface area contributed by atoms with Gasteiger partial charge in [-0.1, -0.05) is 0 Å². The zero-order valence-electron chi connectivity index (χ0n) is 10.8. The average Bonchev–Trinajstić information content (AvgIpc) is 2.21. The topological polar surface area (TPSA) is 64.3 Å². The molecule has 0 spiro atoms. The van der Waals surface area contributed by atoms with Gasteiger partial charge >= 0.3 is 0 Å². The number of nitrogens with one attached hydrogen (secondary N) is 1. The van der Waals surface area contributed by atoms with Crippen molar-refractivity contribution in [2.24, 2.45) is 0 Å². The fraction of sp³-hybridized carbons (Fsp3) is 0.462. The number of nitrogen functional groups attached to an aromatic ring is 1. The van der Waals surface area contributed by atoms with Gasteiger partial charge in [-0.2, -0.15) is 0 Å². The Hall–Kier alpha value is -1.71. The highest BCUT2D eigenvalue weighted by molar-refractivity contribution is 5.81. The SMILES string of the molecule is Cc1cc(N)ccc1OC(C)C(=O)NC(C)C. The van der Waals surface area contributed by atoms with Crippen LogP contribution < -0.4 is 15.8 Å². The van der Waals surface area contributed by atoms with E-state index in [9.17, 15) is 4.79 Å². The number of aryl methyl sites for hydroxylation is 1. The van der Waals surface area contributed by atoms with Crippen molar-refractivity contribution in [2.75, 3.05) is 5.73 Å². The van der Waals surface area contributed by atoms with Crippen molar-refractivity contribution < 1.29 is 9.53 Å². The quantitative estimate of drug-likeness (QED) is 0.784. The molecule has 3 N–H and O–H groups in total. The van der Waals surface area contributed by atoms with Gasteiger partial charge in [-0.05, 0) is 51.5 Å². The summed E-state index contributed by atoms with van der Waals surface area (Å²) in [6, 6.07) is 5.47. The minimum atomic E-state index is -0.514. The van der Waals surface area contributed by atoms with Gasteiger partial charge in [-0.15, -0.1) is 0 Å². The summed E-state index contributed by atoms with van der Waals surface area (Å²) >= 11 is 0. The summed E-state index contributed by atoms with van der Waals surface area (Å²) in [7, 11) is 0. The van der Waals surface area contributed by atoms with Crippen molar-refractivity contribution in [3.8, 4) is 5.75 Å². The number of rotatable bonds is 4. The van der Waals surface area contributed by atoms with Gasteiger partial charge in [0.05, 0.1) is 0 Å². The second-order valence-electron chi connectivity index (χ2n) is 4.45. The zero-order chi connectivity index (χ0) is 13.0. The summed E-state index contributed by atoms with van der Waals surface area (Å²) in [6.45, 7) is 7.46. The van der Waals surface area contributed by atoms with E-state index in [2.05, 4.69) is 5.32 Å². The molecule has 1 aromatic carbocycles. The standard InChI is InChI=1S/C13H20N2O2/c1-8(2)15-13(16)10(4)17-12-6-5-11(14)7-9(12)3/h5-8,10H,14H2,1-4H3,(H,15,16). The molecule has 0 bridgehead atoms. The number of hydrogen-bond acceptors (Lipinski definition) is 3. The van der Waals surface area contributed by atoms with Crippen LogP contribution in [0.25, 0.3) is 0 Å². The Kier molecular flexibility index (Phi) is 4.37. The lowest BCUT2D eigenvalue weighted by Crippen LogP contribution is -2.40. The van der Waals surface area contributed by atoms with Gasteiger partial charge in [0.2, 0.25) is 0 Å². The predicted molar refractivity (Wildman–Crippen MR) is 69.0 cm³/mol. The summed E-state index contributed by atoms with van der Waals surface area (Å²) in [6.07, 6.45) is -0.514. The summed E-state index contributed by atoms with van der Waals surface area (Å²) in [5.74, 6) is 0.571. The molecular formula is C13H20N2O2. The molecule has 4 heteroatoms. The summed E-state index contributed by atoms with van der Waals surface area (Å²) in [4.78, 5) is 11.7. The average molecular weight is 236 g/mol. The van der Waals surface area contributed by atoms with Crippen molar-refractivity contribution in [3.63, 3.8) is 0 Å². The van der Waals surface area contributed by atoms with E-state index < -0.39 is 6.10 Å². The summed E-state index contributed by atoms with van der Waals surface area (Å²) in [5.41, 5.74) is 7.26. The monoisotopic (exact) mass is 236 g/mol. The number of amides is 1. The van der Waals surface area contributed by atoms with Crippen molar-refractivity contribution >= 4 is 11.6 Å². The van der Waals surface area contributed by atoms with Crippen LogP contribution in [0.1, 0.15) is 26.3 Å². The Labute approximate surface area is 102 Å². The Balaban J connectivity index is 2.67. The molecule has 0 aromatic heterocycles. The maximum absolute atomic E-state index is 11.7. The maximum atomic E-state index is 11.7. The molecule has 1 amide bonds. The van der Waals surface area contributed by atoms with Crippen molar-refractivity contribution in [1.29, 1.82) is 0 Å². The maximum Gasteiger partial charge on any atom is 0.260 e. The molecule has 0 aliphatic rings. The highest BCUT2D eigenvalue weighted by atomic mass is 16.5. The lowest BCUT2D eigenvalue weighted by molar-refractivity contribution is -0.127. The van der Waals surface area contributed by atoms with Gasteiger partial charge in [0.1, 0.15) is 5.75 Å². The minimum absolute atomic E-state index is 0.112. The number of anilines is 1. The van der Waals surface area contributed by atoms with Gasteiger partial charge < -0.3 is 15.8 Å². The third-order valence-corrected chi connectivity index (χ3v) is 2.30. The molecule has 1 unspecified atom stereocenters. The predicted octanol–water partition coefficient (Wildman–Crippen LogP) is 1.87. The highest BCUT2D eigenvalue weighted by Gasteiger charge is 2.16. The molecule has 0 heterocycles. The van der Waals surface area contributed by atoms with E-state index in [-0.39, 0.29) is 11.9 Å². The van der Waals surface area contributed by atoms with E-state index in [1.54, 1.807) is 19.1 Å². The van der Waals surface area contributed by atoms with E-state index in [0.29, 0.717) is 11.4 Å². The first kappa shape index (κ1) is 13.4. The van der Waals surface area contributed by atoms with Crippen LogP contribution in [-0.2, 0) is 4.79 Å². The first-order chi connectivity index (χ1) is 7.90. The Bertz CT molecular complexity index is 402. The number of carbonyl (C=O) groups excluding carboxylic acids is 1. The van der Waals surface area contributed by atoms with Crippen molar-refractivity contribution in [1.82, 2.24) is 5.32 Å². The van der Waals surface area contributed by atoms with Crippen molar-refractivity contribution in [2.45, 2.75) is 39.8 Å². The first-order valence-corrected chi connectivity index (χ1v) is 5.73. The van der Waals surface area contributed by atoms with Gasteiger partial charge in [-0.3, -0.25) is 4.79 Å². The van der Waals surface area contributed by atoms with E-state index in [1.807, 2.05) is 26.8 Å². The molecule has 0 saturated carbocycles. The molecule has 1 aromatic rings. The van der Waals surface area contributed by atoms with Crippen LogP contribution in [0.4, 0.5) is 5.69 Å². The van der Waals surface area contributed by atoms with Crippen molar-refractivity contribution in [3.05, 3.63) is 23.8 Å². The van der Waals surface area contributed by atoms with Gasteiger partial charge in [0, 0.05) is 11.7 Å². The molecule has 0 saturated heterocycles. The van der Waals surface area contributed by atoms with Crippen LogP contribution >= 0.6 is 0 Å². The number of hydrogen-bond donors (Lipinski definition) is 2. The lowest BCUT2D eigenvalue weighted by Gasteiger charge is -2.17. The number of benzene rings is 1. The fourth-order valence-corrected chi connectivity index (χ4v) is 1.45. The third kappa shape index (κ3) is 3.98. The molecule has 4 nitrogen and oxygen atoms in total. The number of ether oxygens (including phenoxy) is 1. The fourth-order valence-electron chi connectivity index (χ4n) is 1.45. The second-order valence-corrected chi connectivity index (χ2v) is 4.45. The Morgan fingerprint density at radius 2 is 2.00 bits per heavy atom.